The van der Waals surface area contributed by atoms with E-state index in [0.717, 1.165) is 44.2 Å². The monoisotopic (exact) mass is 247 g/mol. The summed E-state index contributed by atoms with van der Waals surface area (Å²) < 4.78 is 5.79. The molecule has 1 aliphatic rings. The molecule has 0 aromatic heterocycles. The highest BCUT2D eigenvalue weighted by molar-refractivity contribution is 5.31. The van der Waals surface area contributed by atoms with Gasteiger partial charge in [-0.25, -0.2) is 0 Å². The minimum atomic E-state index is 0.260. The molecular formula is C16H25NO. The molecule has 1 aromatic carbocycles. The van der Waals surface area contributed by atoms with E-state index in [9.17, 15) is 0 Å². The van der Waals surface area contributed by atoms with E-state index in [1.807, 2.05) is 0 Å². The highest BCUT2D eigenvalue weighted by Gasteiger charge is 2.18. The van der Waals surface area contributed by atoms with Crippen molar-refractivity contribution < 1.29 is 4.74 Å². The molecule has 0 unspecified atom stereocenters. The maximum Gasteiger partial charge on any atom is 0.119 e. The van der Waals surface area contributed by atoms with Crippen molar-refractivity contribution in [1.29, 1.82) is 0 Å². The molecular weight excluding hydrogens is 222 g/mol. The highest BCUT2D eigenvalue weighted by Crippen LogP contribution is 2.28. The van der Waals surface area contributed by atoms with Crippen LogP contribution in [0.1, 0.15) is 39.2 Å². The predicted molar refractivity (Wildman–Crippen MR) is 76.2 cm³/mol. The maximum atomic E-state index is 5.79. The molecule has 18 heavy (non-hydrogen) atoms. The smallest absolute Gasteiger partial charge is 0.119 e. The van der Waals surface area contributed by atoms with Crippen LogP contribution in [0, 0.1) is 5.92 Å². The number of benzene rings is 1. The Hall–Kier alpha value is -1.02. The second kappa shape index (κ2) is 5.75. The number of hydrogen-bond acceptors (Lipinski definition) is 2. The first-order valence-corrected chi connectivity index (χ1v) is 7.06. The van der Waals surface area contributed by atoms with Gasteiger partial charge in [-0.15, -0.1) is 0 Å². The van der Waals surface area contributed by atoms with Crippen molar-refractivity contribution >= 4 is 0 Å². The summed E-state index contributed by atoms with van der Waals surface area (Å²) >= 11 is 0. The van der Waals surface area contributed by atoms with Gasteiger partial charge in [0.05, 0.1) is 6.61 Å². The molecule has 100 valence electrons. The SMILES string of the molecule is CCC(C)(C)c1ccc(OCCC2CNC2)cc1. The fourth-order valence-corrected chi connectivity index (χ4v) is 2.10. The van der Waals surface area contributed by atoms with Gasteiger partial charge >= 0.3 is 0 Å². The minimum Gasteiger partial charge on any atom is -0.494 e. The molecule has 0 atom stereocenters. The van der Waals surface area contributed by atoms with Gasteiger partial charge < -0.3 is 10.1 Å². The first-order valence-electron chi connectivity index (χ1n) is 7.06. The molecule has 1 saturated heterocycles. The molecule has 1 heterocycles. The predicted octanol–water partition coefficient (Wildman–Crippen LogP) is 3.36. The van der Waals surface area contributed by atoms with Crippen molar-refractivity contribution in [2.24, 2.45) is 5.92 Å². The Morgan fingerprint density at radius 1 is 1.22 bits per heavy atom. The maximum absolute atomic E-state index is 5.79. The molecule has 1 fully saturated rings. The lowest BCUT2D eigenvalue weighted by Gasteiger charge is -2.27. The van der Waals surface area contributed by atoms with Crippen LogP contribution < -0.4 is 10.1 Å². The lowest BCUT2D eigenvalue weighted by Crippen LogP contribution is -2.42. The summed E-state index contributed by atoms with van der Waals surface area (Å²) in [6.07, 6.45) is 2.32. The van der Waals surface area contributed by atoms with Gasteiger partial charge in [0, 0.05) is 0 Å². The van der Waals surface area contributed by atoms with Crippen molar-refractivity contribution in [3.8, 4) is 5.75 Å². The van der Waals surface area contributed by atoms with Gasteiger partial charge in [0.15, 0.2) is 0 Å². The largest absolute Gasteiger partial charge is 0.494 e. The Bertz CT molecular complexity index is 365. The van der Waals surface area contributed by atoms with E-state index < -0.39 is 0 Å². The lowest BCUT2D eigenvalue weighted by molar-refractivity contribution is 0.238. The highest BCUT2D eigenvalue weighted by atomic mass is 16.5. The number of hydrogen-bond donors (Lipinski definition) is 1. The zero-order valence-electron chi connectivity index (χ0n) is 11.8. The molecule has 2 nitrogen and oxygen atoms in total. The quantitative estimate of drug-likeness (QED) is 0.832. The molecule has 0 bridgehead atoms. The van der Waals surface area contributed by atoms with E-state index in [1.54, 1.807) is 0 Å². The Morgan fingerprint density at radius 3 is 2.39 bits per heavy atom. The molecule has 1 aromatic rings. The first-order chi connectivity index (χ1) is 8.62. The van der Waals surface area contributed by atoms with Crippen molar-refractivity contribution in [3.05, 3.63) is 29.8 Å². The average molecular weight is 247 g/mol. The fraction of sp³-hybridized carbons (Fsp3) is 0.625. The Kier molecular flexibility index (Phi) is 4.28. The third-order valence-corrected chi connectivity index (χ3v) is 4.18. The van der Waals surface area contributed by atoms with E-state index in [4.69, 9.17) is 4.74 Å². The fourth-order valence-electron chi connectivity index (χ4n) is 2.10. The van der Waals surface area contributed by atoms with Gasteiger partial charge in [0.2, 0.25) is 0 Å². The summed E-state index contributed by atoms with van der Waals surface area (Å²) in [6.45, 7) is 9.96. The van der Waals surface area contributed by atoms with Crippen LogP contribution in [0.25, 0.3) is 0 Å². The third kappa shape index (κ3) is 3.26. The molecule has 1 N–H and O–H groups in total. The first kappa shape index (κ1) is 13.4. The summed E-state index contributed by atoms with van der Waals surface area (Å²) in [6, 6.07) is 8.60. The van der Waals surface area contributed by atoms with Crippen LogP contribution in [0.5, 0.6) is 5.75 Å². The van der Waals surface area contributed by atoms with E-state index >= 15 is 0 Å². The number of rotatable bonds is 6. The van der Waals surface area contributed by atoms with Crippen molar-refractivity contribution in [1.82, 2.24) is 5.32 Å². The third-order valence-electron chi connectivity index (χ3n) is 4.18. The normalized spacial score (nSPS) is 16.4. The Morgan fingerprint density at radius 2 is 1.89 bits per heavy atom. The second-order valence-corrected chi connectivity index (χ2v) is 5.92. The summed E-state index contributed by atoms with van der Waals surface area (Å²) in [4.78, 5) is 0. The van der Waals surface area contributed by atoms with Crippen molar-refractivity contribution in [3.63, 3.8) is 0 Å². The van der Waals surface area contributed by atoms with Crippen molar-refractivity contribution in [2.45, 2.75) is 39.0 Å². The van der Waals surface area contributed by atoms with Gasteiger partial charge in [0.1, 0.15) is 5.75 Å². The van der Waals surface area contributed by atoms with Gasteiger partial charge in [-0.05, 0) is 55.0 Å². The van der Waals surface area contributed by atoms with E-state index in [1.165, 1.54) is 5.56 Å². The zero-order chi connectivity index (χ0) is 13.0. The molecule has 2 rings (SSSR count). The number of nitrogens with one attached hydrogen (secondary N) is 1. The topological polar surface area (TPSA) is 21.3 Å². The van der Waals surface area contributed by atoms with E-state index in [0.29, 0.717) is 0 Å². The van der Waals surface area contributed by atoms with Crippen LogP contribution >= 0.6 is 0 Å². The number of ether oxygens (including phenoxy) is 1. The molecule has 0 radical (unpaired) electrons. The van der Waals surface area contributed by atoms with Crippen molar-refractivity contribution in [2.75, 3.05) is 19.7 Å². The van der Waals surface area contributed by atoms with Crippen LogP contribution in [-0.4, -0.2) is 19.7 Å². The summed E-state index contributed by atoms with van der Waals surface area (Å²) in [5, 5.41) is 3.28. The molecule has 0 amide bonds. The van der Waals surface area contributed by atoms with E-state index in [-0.39, 0.29) is 5.41 Å². The minimum absolute atomic E-state index is 0.260. The lowest BCUT2D eigenvalue weighted by atomic mass is 9.82. The summed E-state index contributed by atoms with van der Waals surface area (Å²) in [5.41, 5.74) is 1.65. The average Bonchev–Trinajstić information content (AvgIpc) is 2.33. The Labute approximate surface area is 111 Å². The van der Waals surface area contributed by atoms with Crippen LogP contribution in [0.15, 0.2) is 24.3 Å². The van der Waals surface area contributed by atoms with Crippen LogP contribution in [0.4, 0.5) is 0 Å². The molecule has 0 aliphatic carbocycles. The van der Waals surface area contributed by atoms with Crippen LogP contribution in [-0.2, 0) is 5.41 Å². The molecule has 1 aliphatic heterocycles. The van der Waals surface area contributed by atoms with Crippen LogP contribution in [0.3, 0.4) is 0 Å². The summed E-state index contributed by atoms with van der Waals surface area (Å²) in [5.74, 6) is 1.82. The van der Waals surface area contributed by atoms with Gasteiger partial charge in [0.25, 0.3) is 0 Å². The standard InChI is InChI=1S/C16H25NO/c1-4-16(2,3)14-5-7-15(8-6-14)18-10-9-13-11-17-12-13/h5-8,13,17H,4,9-12H2,1-3H3. The zero-order valence-corrected chi connectivity index (χ0v) is 11.8. The second-order valence-electron chi connectivity index (χ2n) is 5.92. The molecule has 0 saturated carbocycles. The van der Waals surface area contributed by atoms with Gasteiger partial charge in [-0.3, -0.25) is 0 Å². The van der Waals surface area contributed by atoms with E-state index in [2.05, 4.69) is 50.4 Å². The molecule has 2 heteroatoms. The van der Waals surface area contributed by atoms with Crippen LogP contribution in [0.2, 0.25) is 0 Å². The van der Waals surface area contributed by atoms with Gasteiger partial charge in [-0.2, -0.15) is 0 Å². The molecule has 0 spiro atoms. The van der Waals surface area contributed by atoms with Gasteiger partial charge in [-0.1, -0.05) is 32.9 Å². The Balaban J connectivity index is 1.83. The summed E-state index contributed by atoms with van der Waals surface area (Å²) in [7, 11) is 0.